The zero-order chi connectivity index (χ0) is 18.5. The Morgan fingerprint density at radius 1 is 1.08 bits per heavy atom. The molecule has 1 aromatic heterocycles. The van der Waals surface area contributed by atoms with E-state index in [4.69, 9.17) is 4.74 Å². The van der Waals surface area contributed by atoms with Crippen molar-refractivity contribution in [2.24, 2.45) is 0 Å². The van der Waals surface area contributed by atoms with Crippen LogP contribution >= 0.6 is 11.8 Å². The van der Waals surface area contributed by atoms with Gasteiger partial charge in [0.15, 0.2) is 0 Å². The number of rotatable bonds is 5. The van der Waals surface area contributed by atoms with Crippen LogP contribution in [0.3, 0.4) is 0 Å². The van der Waals surface area contributed by atoms with Crippen molar-refractivity contribution in [3.8, 4) is 11.4 Å². The van der Waals surface area contributed by atoms with Crippen molar-refractivity contribution in [1.29, 1.82) is 0 Å². The molecule has 0 aliphatic rings. The maximum absolute atomic E-state index is 12.5. The van der Waals surface area contributed by atoms with Crippen molar-refractivity contribution < 1.29 is 9.53 Å². The molecule has 0 radical (unpaired) electrons. The van der Waals surface area contributed by atoms with Gasteiger partial charge in [-0.25, -0.2) is 9.48 Å². The predicted octanol–water partition coefficient (Wildman–Crippen LogP) is 2.86. The monoisotopic (exact) mass is 368 g/mol. The van der Waals surface area contributed by atoms with Crippen LogP contribution in [0.25, 0.3) is 5.69 Å². The van der Waals surface area contributed by atoms with Gasteiger partial charge in [-0.1, -0.05) is 25.1 Å². The number of carbonyl (C=O) groups is 1. The number of aromatic amines is 1. The third kappa shape index (κ3) is 3.94. The molecule has 2 aromatic carbocycles. The van der Waals surface area contributed by atoms with E-state index in [9.17, 15) is 14.4 Å². The number of nitrogens with one attached hydrogen (secondary N) is 1. The van der Waals surface area contributed by atoms with Gasteiger partial charge >= 0.3 is 5.97 Å². The van der Waals surface area contributed by atoms with Gasteiger partial charge < -0.3 is 4.74 Å². The summed E-state index contributed by atoms with van der Waals surface area (Å²) in [7, 11) is 0. The highest BCUT2D eigenvalue weighted by atomic mass is 32.2. The molecule has 0 saturated heterocycles. The van der Waals surface area contributed by atoms with Gasteiger partial charge in [-0.15, -0.1) is 11.8 Å². The van der Waals surface area contributed by atoms with Crippen LogP contribution in [0.4, 0.5) is 0 Å². The van der Waals surface area contributed by atoms with Crippen molar-refractivity contribution in [3.05, 3.63) is 86.9 Å². The normalized spacial score (nSPS) is 10.5. The fraction of sp³-hybridized carbons (Fsp3) is 0.105. The van der Waals surface area contributed by atoms with Crippen LogP contribution in [0.1, 0.15) is 17.3 Å². The minimum absolute atomic E-state index is 0.274. The molecule has 6 nitrogen and oxygen atoms in total. The van der Waals surface area contributed by atoms with Crippen LogP contribution in [0.5, 0.6) is 5.75 Å². The first kappa shape index (κ1) is 17.8. The summed E-state index contributed by atoms with van der Waals surface area (Å²) in [6.45, 7) is 2.02. The van der Waals surface area contributed by atoms with Crippen LogP contribution in [-0.4, -0.2) is 21.5 Å². The van der Waals surface area contributed by atoms with Gasteiger partial charge in [-0.05, 0) is 36.1 Å². The largest absolute Gasteiger partial charge is 0.422 e. The van der Waals surface area contributed by atoms with E-state index in [-0.39, 0.29) is 5.56 Å². The van der Waals surface area contributed by atoms with E-state index >= 15 is 0 Å². The molecule has 0 fully saturated rings. The summed E-state index contributed by atoms with van der Waals surface area (Å²) in [5.41, 5.74) is -0.170. The quantitative estimate of drug-likeness (QED) is 0.425. The van der Waals surface area contributed by atoms with Crippen LogP contribution in [0, 0.1) is 0 Å². The first-order chi connectivity index (χ1) is 12.6. The lowest BCUT2D eigenvalue weighted by atomic mass is 10.2. The van der Waals surface area contributed by atoms with E-state index < -0.39 is 17.1 Å². The number of aromatic nitrogens is 2. The lowest BCUT2D eigenvalue weighted by Gasteiger charge is -2.10. The number of thioether (sulfide) groups is 1. The number of nitrogens with zero attached hydrogens (tertiary/aromatic N) is 1. The summed E-state index contributed by atoms with van der Waals surface area (Å²) in [5.74, 6) is 0.802. The zero-order valence-corrected chi connectivity index (χ0v) is 14.8. The predicted molar refractivity (Wildman–Crippen MR) is 100 cm³/mol. The highest BCUT2D eigenvalue weighted by Gasteiger charge is 2.13. The Kier molecular flexibility index (Phi) is 5.38. The molecule has 7 heteroatoms. The molecule has 0 unspecified atom stereocenters. The third-order valence-corrected chi connectivity index (χ3v) is 4.45. The van der Waals surface area contributed by atoms with Crippen molar-refractivity contribution >= 4 is 17.7 Å². The lowest BCUT2D eigenvalue weighted by molar-refractivity contribution is 0.0730. The number of ether oxygens (including phenoxy) is 1. The molecule has 3 aromatic rings. The molecule has 1 N–H and O–H groups in total. The second kappa shape index (κ2) is 7.88. The fourth-order valence-corrected chi connectivity index (χ4v) is 3.09. The zero-order valence-electron chi connectivity index (χ0n) is 14.0. The van der Waals surface area contributed by atoms with Gasteiger partial charge in [0.05, 0.1) is 16.1 Å². The van der Waals surface area contributed by atoms with E-state index in [1.807, 2.05) is 19.1 Å². The Balaban J connectivity index is 1.91. The summed E-state index contributed by atoms with van der Waals surface area (Å²) in [4.78, 5) is 36.8. The molecule has 0 saturated carbocycles. The molecule has 0 bridgehead atoms. The molecular weight excluding hydrogens is 352 g/mol. The Morgan fingerprint density at radius 2 is 1.88 bits per heavy atom. The number of benzene rings is 2. The van der Waals surface area contributed by atoms with Crippen LogP contribution in [0.15, 0.2) is 75.1 Å². The lowest BCUT2D eigenvalue weighted by Crippen LogP contribution is -2.26. The maximum Gasteiger partial charge on any atom is 0.343 e. The molecular formula is C19H16N2O4S. The van der Waals surface area contributed by atoms with Crippen LogP contribution in [-0.2, 0) is 0 Å². The summed E-state index contributed by atoms with van der Waals surface area (Å²) >= 11 is 1.58. The summed E-state index contributed by atoms with van der Waals surface area (Å²) in [6, 6.07) is 16.0. The molecule has 3 rings (SSSR count). The number of para-hydroxylation sites is 1. The van der Waals surface area contributed by atoms with E-state index in [1.165, 1.54) is 12.1 Å². The van der Waals surface area contributed by atoms with Crippen LogP contribution in [0.2, 0.25) is 0 Å². The van der Waals surface area contributed by atoms with Crippen molar-refractivity contribution in [2.75, 3.05) is 5.75 Å². The number of hydrogen-bond donors (Lipinski definition) is 1. The maximum atomic E-state index is 12.5. The van der Waals surface area contributed by atoms with Crippen LogP contribution < -0.4 is 15.9 Å². The Morgan fingerprint density at radius 3 is 2.69 bits per heavy atom. The molecule has 0 aliphatic heterocycles. The average molecular weight is 368 g/mol. The van der Waals surface area contributed by atoms with Crippen molar-refractivity contribution in [1.82, 2.24) is 9.78 Å². The highest BCUT2D eigenvalue weighted by molar-refractivity contribution is 7.99. The average Bonchev–Trinajstić information content (AvgIpc) is 2.65. The smallest absolute Gasteiger partial charge is 0.343 e. The first-order valence-electron chi connectivity index (χ1n) is 7.95. The number of esters is 1. The van der Waals surface area contributed by atoms with Gasteiger partial charge in [0.25, 0.3) is 11.1 Å². The number of carbonyl (C=O) groups excluding carboxylic acids is 1. The number of H-pyrrole nitrogens is 1. The molecule has 0 amide bonds. The molecule has 0 atom stereocenters. The summed E-state index contributed by atoms with van der Waals surface area (Å²) < 4.78 is 6.59. The highest BCUT2D eigenvalue weighted by Crippen LogP contribution is 2.29. The van der Waals surface area contributed by atoms with E-state index in [2.05, 4.69) is 5.10 Å². The van der Waals surface area contributed by atoms with Crippen molar-refractivity contribution in [3.63, 3.8) is 0 Å². The van der Waals surface area contributed by atoms with E-state index in [1.54, 1.807) is 42.1 Å². The molecule has 0 spiro atoms. The Labute approximate surface area is 153 Å². The van der Waals surface area contributed by atoms with Gasteiger partial charge in [-0.3, -0.25) is 14.7 Å². The topological polar surface area (TPSA) is 81.2 Å². The molecule has 132 valence electrons. The van der Waals surface area contributed by atoms with Gasteiger partial charge in [-0.2, -0.15) is 0 Å². The minimum Gasteiger partial charge on any atom is -0.422 e. The standard InChI is InChI=1S/C19H16N2O4S/c1-2-26-16-9-4-3-8-15(16)25-19(24)13-6-5-7-14(12-13)21-18(23)11-10-17(22)20-21/h3-12H,2H2,1H3,(H,20,22). The second-order valence-electron chi connectivity index (χ2n) is 5.30. The minimum atomic E-state index is -0.540. The fourth-order valence-electron chi connectivity index (χ4n) is 2.36. The molecule has 1 heterocycles. The van der Waals surface area contributed by atoms with E-state index in [0.29, 0.717) is 11.4 Å². The summed E-state index contributed by atoms with van der Waals surface area (Å²) in [6.07, 6.45) is 0. The third-order valence-electron chi connectivity index (χ3n) is 3.51. The Bertz CT molecular complexity index is 1060. The summed E-state index contributed by atoms with van der Waals surface area (Å²) in [5, 5.41) is 2.43. The first-order valence-corrected chi connectivity index (χ1v) is 8.94. The number of hydrogen-bond acceptors (Lipinski definition) is 5. The van der Waals surface area contributed by atoms with Gasteiger partial charge in [0.2, 0.25) is 0 Å². The molecule has 0 aliphatic carbocycles. The van der Waals surface area contributed by atoms with Crippen molar-refractivity contribution in [2.45, 2.75) is 11.8 Å². The van der Waals surface area contributed by atoms with E-state index in [0.717, 1.165) is 21.4 Å². The van der Waals surface area contributed by atoms with Gasteiger partial charge in [0, 0.05) is 12.1 Å². The Hall–Kier alpha value is -3.06. The SMILES string of the molecule is CCSc1ccccc1OC(=O)c1cccc(-n2[nH]c(=O)ccc2=O)c1. The molecule has 26 heavy (non-hydrogen) atoms. The second-order valence-corrected chi connectivity index (χ2v) is 6.61. The van der Waals surface area contributed by atoms with Gasteiger partial charge in [0.1, 0.15) is 5.75 Å².